The summed E-state index contributed by atoms with van der Waals surface area (Å²) in [5, 5.41) is 9.13. The van der Waals surface area contributed by atoms with Crippen LogP contribution in [0.4, 0.5) is 55.7 Å². The third-order valence-corrected chi connectivity index (χ3v) is 17.2. The second-order valence-electron chi connectivity index (χ2n) is 26.1. The first-order chi connectivity index (χ1) is 45.5. The van der Waals surface area contributed by atoms with Crippen LogP contribution in [0.5, 0.6) is 0 Å². The molecule has 24 heteroatoms. The van der Waals surface area contributed by atoms with Gasteiger partial charge in [0.2, 0.25) is 35.4 Å². The molecule has 6 aliphatic heterocycles. The maximum absolute atomic E-state index is 13.0. The average molecular weight is 1390 g/mol. The number of fused-ring (bicyclic) bond motifs is 3. The first-order valence-corrected chi connectivity index (χ1v) is 33.4. The highest BCUT2D eigenvalue weighted by atomic mass is 79.9. The van der Waals surface area contributed by atoms with Crippen molar-refractivity contribution in [1.29, 1.82) is 0 Å². The summed E-state index contributed by atoms with van der Waals surface area (Å²) in [6.07, 6.45) is 5.37. The lowest BCUT2D eigenvalue weighted by Crippen LogP contribution is -2.54. The predicted molar refractivity (Wildman–Crippen MR) is 384 cm³/mol. The average Bonchev–Trinajstić information content (AvgIpc) is 1.47. The Balaban J connectivity index is 0.000000183. The Bertz CT molecular complexity index is 3770. The molecule has 9 heterocycles. The number of halogens is 1. The number of amides is 8. The van der Waals surface area contributed by atoms with Gasteiger partial charge >= 0.3 is 12.2 Å². The highest BCUT2D eigenvalue weighted by molar-refractivity contribution is 9.10. The summed E-state index contributed by atoms with van der Waals surface area (Å²) >= 11 is 3.29. The summed E-state index contributed by atoms with van der Waals surface area (Å²) in [7, 11) is 7.04. The minimum atomic E-state index is -0.788. The molecule has 0 bridgehead atoms. The van der Waals surface area contributed by atoms with E-state index in [9.17, 15) is 38.4 Å². The normalized spacial score (nSPS) is 20.2. The molecule has 0 radical (unpaired) electrons. The van der Waals surface area contributed by atoms with Crippen molar-refractivity contribution in [2.45, 2.75) is 175 Å². The number of likely N-dealkylation sites (N-methyl/N-ethyl adjacent to an activating group) is 3. The van der Waals surface area contributed by atoms with Crippen LogP contribution in [0, 0.1) is 0 Å². The summed E-state index contributed by atoms with van der Waals surface area (Å²) in [6, 6.07) is 38.9. The number of carbonyl (C=O) groups is 8. The molecule has 3 aromatic heterocycles. The summed E-state index contributed by atoms with van der Waals surface area (Å²) in [5.41, 5.74) is 3.78. The standard InChI is InChI=1S/C24H28N4O4.C19H20N4O2.C14H18BrN3O3.C10H11NO.C5H13N.CH4/c1-15-22(30)26(5)18-11-13-19(25-21(18)27(15)23(31)32-24(2,3)4)28-17(12-14-20(28)29)16-9-7-6-8-10-16;1-12-19(25)22(2)15-8-10-16(21-18(15)20-12)23-14(9-11-17(23)24)13-6-4-3-5-7-13;1-8-12(19)17(5)9-6-7-10(15)16-11(9)18(8)13(20)21-14(2,3)4;12-10-7-6-9(11-10)8-4-2-1-3-5-8;1-3-4-5-6-2;/h6-11,13,15,17H,12,14H2,1-5H3;3-8,10,12,14H,9,11H2,1-2H3,(H,20,21);6-8H,1-5H3;1-5,9H,6-7H2,(H,11,12);6H,3-5H2,1-2H3;1H4/t15-,17?;12-,14?;8-;;;/m111.../s1. The molecule has 3 aromatic carbocycles. The van der Waals surface area contributed by atoms with Crippen molar-refractivity contribution >= 4 is 110 Å². The molecule has 518 valence electrons. The van der Waals surface area contributed by atoms with Gasteiger partial charge in [-0.15, -0.1) is 0 Å². The van der Waals surface area contributed by atoms with Crippen LogP contribution in [0.25, 0.3) is 0 Å². The number of nitrogens with zero attached hydrogens (tertiary/aromatic N) is 10. The Kier molecular flexibility index (Phi) is 25.3. The van der Waals surface area contributed by atoms with Crippen molar-refractivity contribution in [1.82, 2.24) is 25.6 Å². The molecule has 97 heavy (non-hydrogen) atoms. The lowest BCUT2D eigenvalue weighted by molar-refractivity contribution is -0.120. The van der Waals surface area contributed by atoms with E-state index in [4.69, 9.17) is 14.5 Å². The van der Waals surface area contributed by atoms with E-state index in [2.05, 4.69) is 60.9 Å². The van der Waals surface area contributed by atoms with E-state index >= 15 is 0 Å². The largest absolute Gasteiger partial charge is 0.443 e. The molecule has 23 nitrogen and oxygen atoms in total. The SMILES string of the molecule is C.CCCCNC.C[C@@H]1C(=O)N(C)c2ccc(Br)nc2N1C(=O)OC(C)(C)C.C[C@@H]1C(=O)N(C)c2ccc(N3C(=O)CCC3c3ccccc3)nc2N1C(=O)OC(C)(C)C.C[C@H]1Nc2nc(N3C(=O)CCC3c3ccccc3)ccc2N(C)C1=O.O=C1CCC(c2ccccc2)N1. The van der Waals surface area contributed by atoms with Crippen molar-refractivity contribution in [3.8, 4) is 0 Å². The van der Waals surface area contributed by atoms with E-state index in [0.717, 1.165) is 36.2 Å². The van der Waals surface area contributed by atoms with E-state index in [-0.39, 0.29) is 67.0 Å². The Morgan fingerprint density at radius 2 is 0.969 bits per heavy atom. The van der Waals surface area contributed by atoms with Gasteiger partial charge in [-0.3, -0.25) is 38.6 Å². The molecule has 3 saturated heterocycles. The minimum absolute atomic E-state index is 0. The highest BCUT2D eigenvalue weighted by Crippen LogP contribution is 2.43. The van der Waals surface area contributed by atoms with E-state index in [1.54, 1.807) is 115 Å². The molecule has 6 aliphatic rings. The van der Waals surface area contributed by atoms with E-state index in [1.165, 1.54) is 38.0 Å². The lowest BCUT2D eigenvalue weighted by atomic mass is 10.0. The van der Waals surface area contributed by atoms with Gasteiger partial charge in [0.15, 0.2) is 17.5 Å². The summed E-state index contributed by atoms with van der Waals surface area (Å²) in [4.78, 5) is 123. The molecule has 0 saturated carbocycles. The zero-order valence-electron chi connectivity index (χ0n) is 57.4. The zero-order valence-corrected chi connectivity index (χ0v) is 59.0. The van der Waals surface area contributed by atoms with E-state index in [0.29, 0.717) is 70.8 Å². The van der Waals surface area contributed by atoms with E-state index in [1.807, 2.05) is 105 Å². The second kappa shape index (κ2) is 32.6. The van der Waals surface area contributed by atoms with Crippen LogP contribution >= 0.6 is 15.9 Å². The van der Waals surface area contributed by atoms with Gasteiger partial charge in [0.05, 0.1) is 35.2 Å². The van der Waals surface area contributed by atoms with Gasteiger partial charge in [0.25, 0.3) is 0 Å². The molecule has 6 aromatic rings. The van der Waals surface area contributed by atoms with Crippen molar-refractivity contribution < 1.29 is 47.8 Å². The number of ether oxygens (including phenoxy) is 2. The topological polar surface area (TPSA) is 252 Å². The Morgan fingerprint density at radius 1 is 0.546 bits per heavy atom. The predicted octanol–water partition coefficient (Wildman–Crippen LogP) is 13.0. The number of aromatic nitrogens is 3. The van der Waals surface area contributed by atoms with Gasteiger partial charge in [-0.1, -0.05) is 112 Å². The first kappa shape index (κ1) is 75.1. The number of anilines is 8. The fourth-order valence-corrected chi connectivity index (χ4v) is 12.1. The fraction of sp³-hybridized carbons (Fsp3) is 0.438. The summed E-state index contributed by atoms with van der Waals surface area (Å²) in [6.45, 7) is 19.1. The minimum Gasteiger partial charge on any atom is -0.443 e. The molecule has 8 amide bonds. The van der Waals surface area contributed by atoms with Crippen molar-refractivity contribution in [3.05, 3.63) is 149 Å². The van der Waals surface area contributed by atoms with Crippen molar-refractivity contribution in [2.75, 3.05) is 74.4 Å². The number of benzene rings is 3. The zero-order chi connectivity index (χ0) is 69.9. The van der Waals surface area contributed by atoms with Gasteiger partial charge in [-0.05, 0) is 171 Å². The molecule has 12 rings (SSSR count). The monoisotopic (exact) mass is 1390 g/mol. The Hall–Kier alpha value is -9.29. The fourth-order valence-electron chi connectivity index (χ4n) is 11.8. The van der Waals surface area contributed by atoms with Gasteiger partial charge < -0.3 is 40.1 Å². The molecule has 3 N–H and O–H groups in total. The molecule has 0 spiro atoms. The number of hydrogen-bond donors (Lipinski definition) is 3. The Morgan fingerprint density at radius 3 is 1.39 bits per heavy atom. The van der Waals surface area contributed by atoms with Gasteiger partial charge in [-0.2, -0.15) is 0 Å². The van der Waals surface area contributed by atoms with Crippen LogP contribution < -0.4 is 50.2 Å². The van der Waals surface area contributed by atoms with Crippen LogP contribution in [0.2, 0.25) is 0 Å². The number of hydrogen-bond acceptors (Lipinski definition) is 15. The first-order valence-electron chi connectivity index (χ1n) is 32.6. The number of pyridine rings is 3. The number of nitrogens with one attached hydrogen (secondary N) is 3. The number of rotatable bonds is 8. The maximum Gasteiger partial charge on any atom is 0.416 e. The van der Waals surface area contributed by atoms with Crippen molar-refractivity contribution in [3.63, 3.8) is 0 Å². The molecular weight excluding hydrogens is 1300 g/mol. The van der Waals surface area contributed by atoms with Crippen LogP contribution in [-0.2, 0) is 38.2 Å². The smallest absolute Gasteiger partial charge is 0.416 e. The maximum atomic E-state index is 13.0. The van der Waals surface area contributed by atoms with Crippen LogP contribution in [0.1, 0.15) is 163 Å². The molecule has 3 fully saturated rings. The molecule has 3 unspecified atom stereocenters. The second-order valence-corrected chi connectivity index (χ2v) is 26.9. The van der Waals surface area contributed by atoms with Crippen LogP contribution in [0.3, 0.4) is 0 Å². The number of carbonyl (C=O) groups excluding carboxylic acids is 8. The lowest BCUT2D eigenvalue weighted by Gasteiger charge is -2.38. The molecule has 0 aliphatic carbocycles. The Labute approximate surface area is 578 Å². The van der Waals surface area contributed by atoms with E-state index < -0.39 is 35.5 Å². The van der Waals surface area contributed by atoms with Gasteiger partial charge in [-0.25, -0.2) is 34.3 Å². The van der Waals surface area contributed by atoms with Crippen LogP contribution in [0.15, 0.2) is 132 Å². The summed E-state index contributed by atoms with van der Waals surface area (Å²) in [5.74, 6) is 2.23. The molecular formula is C73H94BrN13O10. The quantitative estimate of drug-likeness (QED) is 0.0946. The summed E-state index contributed by atoms with van der Waals surface area (Å²) < 4.78 is 11.5. The number of unbranched alkanes of at least 4 members (excludes halogenated alkanes) is 1. The van der Waals surface area contributed by atoms with Gasteiger partial charge in [0.1, 0.15) is 45.6 Å². The molecule has 6 atom stereocenters. The third-order valence-electron chi connectivity index (χ3n) is 16.7. The van der Waals surface area contributed by atoms with Crippen LogP contribution in [-0.4, -0.2) is 127 Å². The third kappa shape index (κ3) is 18.0. The van der Waals surface area contributed by atoms with Crippen molar-refractivity contribution in [2.24, 2.45) is 0 Å². The highest BCUT2D eigenvalue weighted by Gasteiger charge is 2.44. The van der Waals surface area contributed by atoms with Gasteiger partial charge in [0, 0.05) is 40.4 Å².